The third-order valence-corrected chi connectivity index (χ3v) is 5.86. The van der Waals surface area contributed by atoms with Gasteiger partial charge in [0.2, 0.25) is 5.82 Å². The van der Waals surface area contributed by atoms with Gasteiger partial charge in [-0.1, -0.05) is 25.0 Å². The zero-order valence-electron chi connectivity index (χ0n) is 14.9. The second-order valence-electron chi connectivity index (χ2n) is 6.92. The first-order valence-corrected chi connectivity index (χ1v) is 9.82. The molecule has 1 fully saturated rings. The van der Waals surface area contributed by atoms with Crippen LogP contribution in [0, 0.1) is 30.3 Å². The summed E-state index contributed by atoms with van der Waals surface area (Å²) in [6.45, 7) is 2.34. The lowest BCUT2D eigenvalue weighted by molar-refractivity contribution is 0.283. The number of ether oxygens (including phenoxy) is 1. The van der Waals surface area contributed by atoms with Gasteiger partial charge in [-0.25, -0.2) is 8.78 Å². The normalized spacial score (nSPS) is 13.8. The van der Waals surface area contributed by atoms with Crippen molar-refractivity contribution >= 4 is 11.3 Å². The van der Waals surface area contributed by atoms with Gasteiger partial charge in [0.1, 0.15) is 5.82 Å². The van der Waals surface area contributed by atoms with Gasteiger partial charge in [0, 0.05) is 20.9 Å². The SMILES string of the molecule is Cc1ccc(-c2ccc(-c3ccc(OCCC4CC4)c(F)c3F)c(F)c2)s1. The molecule has 0 amide bonds. The molecule has 0 aliphatic heterocycles. The van der Waals surface area contributed by atoms with E-state index in [0.29, 0.717) is 12.5 Å². The van der Waals surface area contributed by atoms with Crippen molar-refractivity contribution in [2.75, 3.05) is 6.61 Å². The summed E-state index contributed by atoms with van der Waals surface area (Å²) in [5.41, 5.74) is 0.650. The average molecular weight is 388 g/mol. The molecule has 1 aliphatic carbocycles. The highest BCUT2D eigenvalue weighted by Crippen LogP contribution is 2.36. The van der Waals surface area contributed by atoms with Crippen molar-refractivity contribution in [1.82, 2.24) is 0 Å². The fraction of sp³-hybridized carbons (Fsp3) is 0.273. The van der Waals surface area contributed by atoms with E-state index in [-0.39, 0.29) is 16.9 Å². The van der Waals surface area contributed by atoms with Gasteiger partial charge in [0.15, 0.2) is 11.6 Å². The number of thiophene rings is 1. The molecular formula is C22H19F3OS. The first-order chi connectivity index (χ1) is 13.0. The van der Waals surface area contributed by atoms with Crippen LogP contribution in [0.4, 0.5) is 13.2 Å². The lowest BCUT2D eigenvalue weighted by Gasteiger charge is -2.11. The minimum atomic E-state index is -1.09. The molecule has 1 aromatic heterocycles. The summed E-state index contributed by atoms with van der Waals surface area (Å²) in [6.07, 6.45) is 3.21. The Bertz CT molecular complexity index is 976. The van der Waals surface area contributed by atoms with Crippen molar-refractivity contribution in [3.05, 3.63) is 64.8 Å². The van der Waals surface area contributed by atoms with Gasteiger partial charge in [-0.2, -0.15) is 4.39 Å². The lowest BCUT2D eigenvalue weighted by Crippen LogP contribution is -2.02. The predicted molar refractivity (Wildman–Crippen MR) is 103 cm³/mol. The van der Waals surface area contributed by atoms with Crippen LogP contribution in [-0.4, -0.2) is 6.61 Å². The molecule has 5 heteroatoms. The van der Waals surface area contributed by atoms with E-state index < -0.39 is 17.5 Å². The number of halogens is 3. The predicted octanol–water partition coefficient (Wildman–Crippen LogP) is 6.99. The molecule has 0 radical (unpaired) electrons. The van der Waals surface area contributed by atoms with Gasteiger partial charge in [-0.3, -0.25) is 0 Å². The molecule has 1 aliphatic rings. The summed E-state index contributed by atoms with van der Waals surface area (Å²) in [6, 6.07) is 11.2. The third-order valence-electron chi connectivity index (χ3n) is 4.81. The zero-order valence-corrected chi connectivity index (χ0v) is 15.7. The van der Waals surface area contributed by atoms with Crippen LogP contribution in [0.2, 0.25) is 0 Å². The smallest absolute Gasteiger partial charge is 0.201 e. The fourth-order valence-electron chi connectivity index (χ4n) is 3.07. The van der Waals surface area contributed by atoms with Crippen LogP contribution < -0.4 is 4.74 Å². The van der Waals surface area contributed by atoms with Crippen molar-refractivity contribution in [1.29, 1.82) is 0 Å². The van der Waals surface area contributed by atoms with Crippen LogP contribution in [0.5, 0.6) is 5.75 Å². The topological polar surface area (TPSA) is 9.23 Å². The Labute approximate surface area is 160 Å². The van der Waals surface area contributed by atoms with Gasteiger partial charge in [0.05, 0.1) is 6.61 Å². The van der Waals surface area contributed by atoms with E-state index in [1.54, 1.807) is 17.4 Å². The third kappa shape index (κ3) is 3.88. The lowest BCUT2D eigenvalue weighted by atomic mass is 10.0. The highest BCUT2D eigenvalue weighted by molar-refractivity contribution is 7.15. The first kappa shape index (κ1) is 18.1. The van der Waals surface area contributed by atoms with Crippen molar-refractivity contribution in [3.8, 4) is 27.3 Å². The number of hydrogen-bond acceptors (Lipinski definition) is 2. The highest BCUT2D eigenvalue weighted by atomic mass is 32.1. The van der Waals surface area contributed by atoms with Crippen molar-refractivity contribution in [2.45, 2.75) is 26.2 Å². The number of hydrogen-bond donors (Lipinski definition) is 0. The van der Waals surface area contributed by atoms with Crippen molar-refractivity contribution in [2.24, 2.45) is 5.92 Å². The minimum Gasteiger partial charge on any atom is -0.490 e. The molecule has 2 aromatic carbocycles. The van der Waals surface area contributed by atoms with Crippen LogP contribution in [0.25, 0.3) is 21.6 Å². The summed E-state index contributed by atoms with van der Waals surface area (Å²) >= 11 is 1.56. The molecule has 0 bridgehead atoms. The second kappa shape index (κ2) is 7.39. The summed E-state index contributed by atoms with van der Waals surface area (Å²) in [4.78, 5) is 2.06. The van der Waals surface area contributed by atoms with E-state index in [2.05, 4.69) is 0 Å². The molecule has 1 nitrogen and oxygen atoms in total. The Hall–Kier alpha value is -2.27. The van der Waals surface area contributed by atoms with E-state index >= 15 is 0 Å². The van der Waals surface area contributed by atoms with Gasteiger partial charge in [-0.15, -0.1) is 11.3 Å². The highest BCUT2D eigenvalue weighted by Gasteiger charge is 2.22. The zero-order chi connectivity index (χ0) is 19.0. The molecule has 3 aromatic rings. The molecule has 27 heavy (non-hydrogen) atoms. The Morgan fingerprint density at radius 1 is 0.963 bits per heavy atom. The number of benzene rings is 2. The van der Waals surface area contributed by atoms with E-state index in [4.69, 9.17) is 4.74 Å². The Balaban J connectivity index is 1.59. The molecular weight excluding hydrogens is 369 g/mol. The van der Waals surface area contributed by atoms with Crippen LogP contribution in [0.15, 0.2) is 42.5 Å². The maximum absolute atomic E-state index is 14.6. The van der Waals surface area contributed by atoms with Crippen LogP contribution in [0.3, 0.4) is 0 Å². The van der Waals surface area contributed by atoms with E-state index in [9.17, 15) is 13.2 Å². The fourth-order valence-corrected chi connectivity index (χ4v) is 3.93. The average Bonchev–Trinajstić information content (AvgIpc) is 3.37. The largest absolute Gasteiger partial charge is 0.490 e. The quantitative estimate of drug-likeness (QED) is 0.442. The molecule has 0 spiro atoms. The standard InChI is InChI=1S/C22H19F3OS/c1-13-2-9-20(27-13)15-5-6-16(18(23)12-15)17-7-8-19(22(25)21(17)24)26-11-10-14-3-4-14/h2,5-9,12,14H,3-4,10-11H2,1H3. The monoisotopic (exact) mass is 388 g/mol. The molecule has 1 saturated carbocycles. The Morgan fingerprint density at radius 3 is 2.41 bits per heavy atom. The molecule has 140 valence electrons. The van der Waals surface area contributed by atoms with Gasteiger partial charge < -0.3 is 4.74 Å². The van der Waals surface area contributed by atoms with Crippen molar-refractivity contribution < 1.29 is 17.9 Å². The van der Waals surface area contributed by atoms with Gasteiger partial charge in [-0.05, 0) is 55.2 Å². The van der Waals surface area contributed by atoms with Gasteiger partial charge in [0.25, 0.3) is 0 Å². The minimum absolute atomic E-state index is 0.0351. The Morgan fingerprint density at radius 2 is 1.74 bits per heavy atom. The molecule has 1 heterocycles. The summed E-state index contributed by atoms with van der Waals surface area (Å²) in [7, 11) is 0. The van der Waals surface area contributed by atoms with E-state index in [0.717, 1.165) is 21.7 Å². The summed E-state index contributed by atoms with van der Waals surface area (Å²) in [5.74, 6) is -2.21. The van der Waals surface area contributed by atoms with Crippen LogP contribution in [-0.2, 0) is 0 Å². The maximum atomic E-state index is 14.6. The first-order valence-electron chi connectivity index (χ1n) is 9.00. The van der Waals surface area contributed by atoms with Crippen LogP contribution >= 0.6 is 11.3 Å². The molecule has 0 N–H and O–H groups in total. The second-order valence-corrected chi connectivity index (χ2v) is 8.21. The summed E-state index contributed by atoms with van der Waals surface area (Å²) < 4.78 is 48.9. The number of aryl methyl sites for hydroxylation is 1. The van der Waals surface area contributed by atoms with E-state index in [1.807, 2.05) is 19.1 Å². The van der Waals surface area contributed by atoms with E-state index in [1.165, 1.54) is 37.1 Å². The number of rotatable bonds is 6. The molecule has 0 unspecified atom stereocenters. The Kier molecular flexibility index (Phi) is 4.96. The molecule has 0 saturated heterocycles. The summed E-state index contributed by atoms with van der Waals surface area (Å²) in [5, 5.41) is 0. The maximum Gasteiger partial charge on any atom is 0.201 e. The van der Waals surface area contributed by atoms with Gasteiger partial charge >= 0.3 is 0 Å². The molecule has 0 atom stereocenters. The van der Waals surface area contributed by atoms with Crippen LogP contribution in [0.1, 0.15) is 24.1 Å². The van der Waals surface area contributed by atoms with Crippen molar-refractivity contribution in [3.63, 3.8) is 0 Å². The molecule has 4 rings (SSSR count).